The molecule has 5 heteroatoms. The molecule has 3 unspecified atom stereocenters. The van der Waals surface area contributed by atoms with E-state index < -0.39 is 0 Å². The average Bonchev–Trinajstić information content (AvgIpc) is 2.59. The molecule has 1 aromatic heterocycles. The van der Waals surface area contributed by atoms with E-state index in [1.165, 1.54) is 6.42 Å². The van der Waals surface area contributed by atoms with Gasteiger partial charge in [-0.3, -0.25) is 0 Å². The first-order chi connectivity index (χ1) is 6.75. The molecule has 0 amide bonds. The van der Waals surface area contributed by atoms with Crippen molar-refractivity contribution in [1.82, 2.24) is 20.6 Å². The number of nitrogens with zero attached hydrogens (tertiary/aromatic N) is 3. The van der Waals surface area contributed by atoms with Crippen LogP contribution in [0, 0.1) is 5.92 Å². The maximum absolute atomic E-state index is 6.04. The fourth-order valence-corrected chi connectivity index (χ4v) is 2.28. The molecule has 78 valence electrons. The maximum atomic E-state index is 6.04. The number of rotatable bonds is 1. The van der Waals surface area contributed by atoms with Crippen molar-refractivity contribution in [3.05, 3.63) is 5.82 Å². The Morgan fingerprint density at radius 3 is 2.93 bits per heavy atom. The second-order valence-electron chi connectivity index (χ2n) is 4.38. The van der Waals surface area contributed by atoms with Gasteiger partial charge in [-0.25, -0.2) is 0 Å². The van der Waals surface area contributed by atoms with Crippen LogP contribution in [0.1, 0.15) is 44.3 Å². The van der Waals surface area contributed by atoms with Crippen molar-refractivity contribution in [2.75, 3.05) is 0 Å². The van der Waals surface area contributed by atoms with Gasteiger partial charge in [0.05, 0.1) is 0 Å². The van der Waals surface area contributed by atoms with E-state index in [1.54, 1.807) is 0 Å². The summed E-state index contributed by atoms with van der Waals surface area (Å²) in [6.07, 6.45) is 4.46. The molecular weight excluding hydrogens is 178 g/mol. The van der Waals surface area contributed by atoms with Gasteiger partial charge in [-0.15, -0.1) is 10.2 Å². The minimum atomic E-state index is 0.288. The van der Waals surface area contributed by atoms with E-state index in [0.717, 1.165) is 31.0 Å². The maximum Gasteiger partial charge on any atom is 0.177 e. The van der Waals surface area contributed by atoms with E-state index in [9.17, 15) is 0 Å². The summed E-state index contributed by atoms with van der Waals surface area (Å²) in [6, 6.07) is 0.288. The number of H-pyrrole nitrogens is 1. The molecule has 1 fully saturated rings. The third kappa shape index (κ3) is 2.09. The Hall–Kier alpha value is -0.970. The zero-order chi connectivity index (χ0) is 9.97. The van der Waals surface area contributed by atoms with Crippen LogP contribution in [0.3, 0.4) is 0 Å². The summed E-state index contributed by atoms with van der Waals surface area (Å²) in [4.78, 5) is 0. The van der Waals surface area contributed by atoms with Gasteiger partial charge >= 0.3 is 0 Å². The first-order valence-electron chi connectivity index (χ1n) is 5.24. The summed E-state index contributed by atoms with van der Waals surface area (Å²) in [5.41, 5.74) is 6.04. The summed E-state index contributed by atoms with van der Waals surface area (Å²) in [7, 11) is 0. The fraction of sp³-hybridized carbons (Fsp3) is 0.889. The molecule has 0 spiro atoms. The first-order valence-corrected chi connectivity index (χ1v) is 5.24. The Balaban J connectivity index is 2.06. The molecule has 0 aliphatic heterocycles. The Labute approximate surface area is 83.5 Å². The number of aromatic amines is 1. The van der Waals surface area contributed by atoms with Crippen LogP contribution in [0.2, 0.25) is 0 Å². The molecule has 1 saturated carbocycles. The largest absolute Gasteiger partial charge is 0.328 e. The van der Waals surface area contributed by atoms with Crippen molar-refractivity contribution in [3.63, 3.8) is 0 Å². The lowest BCUT2D eigenvalue weighted by molar-refractivity contribution is 0.469. The quantitative estimate of drug-likeness (QED) is 0.650. The molecule has 2 rings (SSSR count). The van der Waals surface area contributed by atoms with Crippen LogP contribution in [-0.2, 0) is 0 Å². The molecule has 3 N–H and O–H groups in total. The highest BCUT2D eigenvalue weighted by molar-refractivity contribution is 4.94. The topological polar surface area (TPSA) is 80.5 Å². The average molecular weight is 195 g/mol. The van der Waals surface area contributed by atoms with Gasteiger partial charge in [0.1, 0.15) is 0 Å². The normalized spacial score (nSPS) is 34.0. The Morgan fingerprint density at radius 1 is 1.36 bits per heavy atom. The monoisotopic (exact) mass is 195 g/mol. The van der Waals surface area contributed by atoms with E-state index >= 15 is 0 Å². The number of aromatic nitrogens is 4. The van der Waals surface area contributed by atoms with E-state index in [2.05, 4.69) is 27.5 Å². The smallest absolute Gasteiger partial charge is 0.177 e. The zero-order valence-corrected chi connectivity index (χ0v) is 8.48. The van der Waals surface area contributed by atoms with Crippen LogP contribution < -0.4 is 5.73 Å². The molecule has 0 aromatic carbocycles. The number of hydrogen-bond acceptors (Lipinski definition) is 4. The van der Waals surface area contributed by atoms with Crippen molar-refractivity contribution in [2.45, 2.75) is 44.6 Å². The highest BCUT2D eigenvalue weighted by Crippen LogP contribution is 2.31. The fourth-order valence-electron chi connectivity index (χ4n) is 2.28. The van der Waals surface area contributed by atoms with Gasteiger partial charge in [0.2, 0.25) is 0 Å². The molecular formula is C9H17N5. The third-order valence-corrected chi connectivity index (χ3v) is 3.03. The summed E-state index contributed by atoms with van der Waals surface area (Å²) < 4.78 is 0. The van der Waals surface area contributed by atoms with Gasteiger partial charge in [-0.1, -0.05) is 12.1 Å². The van der Waals surface area contributed by atoms with Crippen LogP contribution in [0.5, 0.6) is 0 Å². The molecule has 0 bridgehead atoms. The van der Waals surface area contributed by atoms with Crippen LogP contribution in [0.4, 0.5) is 0 Å². The summed E-state index contributed by atoms with van der Waals surface area (Å²) >= 11 is 0. The standard InChI is InChI=1S/C9H17N5/c1-6-2-3-7(5-8(10)4-6)9-11-13-14-12-9/h6-8H,2-5,10H2,1H3,(H,11,12,13,14). The molecule has 1 aromatic rings. The van der Waals surface area contributed by atoms with Gasteiger partial charge in [0, 0.05) is 12.0 Å². The predicted octanol–water partition coefficient (Wildman–Crippen LogP) is 0.821. The van der Waals surface area contributed by atoms with Crippen LogP contribution in [0.15, 0.2) is 0 Å². The minimum Gasteiger partial charge on any atom is -0.328 e. The molecule has 1 aliphatic carbocycles. The second kappa shape index (κ2) is 4.04. The van der Waals surface area contributed by atoms with Crippen molar-refractivity contribution in [1.29, 1.82) is 0 Å². The van der Waals surface area contributed by atoms with Crippen LogP contribution in [0.25, 0.3) is 0 Å². The summed E-state index contributed by atoms with van der Waals surface area (Å²) in [6.45, 7) is 2.26. The Kier molecular flexibility index (Phi) is 2.77. The van der Waals surface area contributed by atoms with E-state index in [-0.39, 0.29) is 6.04 Å². The lowest BCUT2D eigenvalue weighted by Crippen LogP contribution is -2.22. The number of nitrogens with one attached hydrogen (secondary N) is 1. The Morgan fingerprint density at radius 2 is 2.21 bits per heavy atom. The summed E-state index contributed by atoms with van der Waals surface area (Å²) in [5.74, 6) is 1.95. The first kappa shape index (κ1) is 9.58. The van der Waals surface area contributed by atoms with Gasteiger partial charge in [-0.2, -0.15) is 5.21 Å². The molecule has 3 atom stereocenters. The molecule has 5 nitrogen and oxygen atoms in total. The molecule has 1 heterocycles. The highest BCUT2D eigenvalue weighted by Gasteiger charge is 2.24. The highest BCUT2D eigenvalue weighted by atomic mass is 15.5. The summed E-state index contributed by atoms with van der Waals surface area (Å²) in [5, 5.41) is 14.2. The number of nitrogens with two attached hydrogens (primary N) is 1. The van der Waals surface area contributed by atoms with E-state index in [0.29, 0.717) is 5.92 Å². The third-order valence-electron chi connectivity index (χ3n) is 3.03. The van der Waals surface area contributed by atoms with Crippen LogP contribution >= 0.6 is 0 Å². The predicted molar refractivity (Wildman–Crippen MR) is 52.5 cm³/mol. The number of hydrogen-bond donors (Lipinski definition) is 2. The van der Waals surface area contributed by atoms with Crippen molar-refractivity contribution in [3.8, 4) is 0 Å². The molecule has 1 aliphatic rings. The lowest BCUT2D eigenvalue weighted by atomic mass is 9.98. The van der Waals surface area contributed by atoms with Crippen molar-refractivity contribution < 1.29 is 0 Å². The second-order valence-corrected chi connectivity index (χ2v) is 4.38. The molecule has 0 radical (unpaired) electrons. The Bertz CT molecular complexity index is 271. The SMILES string of the molecule is CC1CCC(c2nn[nH]n2)CC(N)C1. The van der Waals surface area contributed by atoms with Gasteiger partial charge in [-0.05, 0) is 31.6 Å². The zero-order valence-electron chi connectivity index (χ0n) is 8.48. The number of tetrazole rings is 1. The van der Waals surface area contributed by atoms with E-state index in [1.807, 2.05) is 0 Å². The van der Waals surface area contributed by atoms with Gasteiger partial charge in [0.15, 0.2) is 5.82 Å². The molecule has 0 saturated heterocycles. The van der Waals surface area contributed by atoms with Gasteiger partial charge in [0.25, 0.3) is 0 Å². The lowest BCUT2D eigenvalue weighted by Gasteiger charge is -2.12. The minimum absolute atomic E-state index is 0.288. The van der Waals surface area contributed by atoms with Crippen molar-refractivity contribution >= 4 is 0 Å². The molecule has 14 heavy (non-hydrogen) atoms. The van der Waals surface area contributed by atoms with Gasteiger partial charge < -0.3 is 5.73 Å². The van der Waals surface area contributed by atoms with Crippen LogP contribution in [-0.4, -0.2) is 26.7 Å². The van der Waals surface area contributed by atoms with E-state index in [4.69, 9.17) is 5.73 Å². The van der Waals surface area contributed by atoms with Crippen molar-refractivity contribution in [2.24, 2.45) is 11.7 Å².